The lowest BCUT2D eigenvalue weighted by Gasteiger charge is -2.07. The highest BCUT2D eigenvalue weighted by molar-refractivity contribution is 9.10. The number of fused-ring (bicyclic) bond motifs is 1. The van der Waals surface area contributed by atoms with Gasteiger partial charge in [0.25, 0.3) is 5.91 Å². The molecule has 0 radical (unpaired) electrons. The highest BCUT2D eigenvalue weighted by atomic mass is 79.9. The van der Waals surface area contributed by atoms with E-state index in [4.69, 9.17) is 4.74 Å². The fourth-order valence-corrected chi connectivity index (χ4v) is 2.59. The Labute approximate surface area is 133 Å². The van der Waals surface area contributed by atoms with Crippen LogP contribution in [0.25, 0.3) is 11.0 Å². The van der Waals surface area contributed by atoms with Crippen LogP contribution in [0.4, 0.5) is 5.69 Å². The zero-order valence-electron chi connectivity index (χ0n) is 10.7. The van der Waals surface area contributed by atoms with Gasteiger partial charge in [-0.2, -0.15) is 8.75 Å². The van der Waals surface area contributed by atoms with E-state index in [0.717, 1.165) is 21.7 Å². The van der Waals surface area contributed by atoms with Crippen molar-refractivity contribution >= 4 is 50.3 Å². The number of anilines is 1. The summed E-state index contributed by atoms with van der Waals surface area (Å²) < 4.78 is 14.7. The first-order valence-electron chi connectivity index (χ1n) is 6.12. The smallest absolute Gasteiger partial charge is 0.262 e. The molecule has 7 heteroatoms. The standard InChI is InChI=1S/C14H10BrN3O2S/c15-9-4-6-10(7-5-9)20-8-13(19)16-11-2-1-3-12-14(11)18-21-17-12/h1-7H,8H2,(H,16,19). The summed E-state index contributed by atoms with van der Waals surface area (Å²) in [5, 5.41) is 2.78. The number of ether oxygens (including phenoxy) is 1. The van der Waals surface area contributed by atoms with Gasteiger partial charge >= 0.3 is 0 Å². The zero-order valence-corrected chi connectivity index (χ0v) is 13.1. The Bertz CT molecular complexity index is 773. The van der Waals surface area contributed by atoms with Gasteiger partial charge in [-0.15, -0.1) is 0 Å². The average Bonchev–Trinajstić information content (AvgIpc) is 2.96. The lowest BCUT2D eigenvalue weighted by molar-refractivity contribution is -0.118. The maximum absolute atomic E-state index is 11.9. The number of hydrogen-bond acceptors (Lipinski definition) is 5. The molecule has 1 heterocycles. The summed E-state index contributed by atoms with van der Waals surface area (Å²) in [6.07, 6.45) is 0. The van der Waals surface area contributed by atoms with Crippen molar-refractivity contribution in [1.82, 2.24) is 8.75 Å². The maximum atomic E-state index is 11.9. The molecule has 0 aliphatic rings. The maximum Gasteiger partial charge on any atom is 0.262 e. The Morgan fingerprint density at radius 2 is 2.00 bits per heavy atom. The van der Waals surface area contributed by atoms with Crippen LogP contribution in [0.3, 0.4) is 0 Å². The summed E-state index contributed by atoms with van der Waals surface area (Å²) >= 11 is 4.46. The second-order valence-electron chi connectivity index (χ2n) is 4.23. The SMILES string of the molecule is O=C(COc1ccc(Br)cc1)Nc1cccc2nsnc12. The first kappa shape index (κ1) is 14.0. The van der Waals surface area contributed by atoms with Crippen molar-refractivity contribution in [3.8, 4) is 5.75 Å². The third kappa shape index (κ3) is 3.37. The summed E-state index contributed by atoms with van der Waals surface area (Å²) in [4.78, 5) is 11.9. The number of carbonyl (C=O) groups excluding carboxylic acids is 1. The van der Waals surface area contributed by atoms with E-state index in [9.17, 15) is 4.79 Å². The molecule has 1 N–H and O–H groups in total. The topological polar surface area (TPSA) is 64.1 Å². The van der Waals surface area contributed by atoms with Crippen LogP contribution in [0.2, 0.25) is 0 Å². The average molecular weight is 364 g/mol. The fraction of sp³-hybridized carbons (Fsp3) is 0.0714. The summed E-state index contributed by atoms with van der Waals surface area (Å²) in [6.45, 7) is -0.0599. The predicted molar refractivity (Wildman–Crippen MR) is 85.7 cm³/mol. The van der Waals surface area contributed by atoms with E-state index < -0.39 is 0 Å². The summed E-state index contributed by atoms with van der Waals surface area (Å²) in [6, 6.07) is 12.8. The van der Waals surface area contributed by atoms with Gasteiger partial charge in [-0.1, -0.05) is 22.0 Å². The van der Waals surface area contributed by atoms with Crippen LogP contribution in [0.5, 0.6) is 5.75 Å². The van der Waals surface area contributed by atoms with Gasteiger partial charge in [-0.05, 0) is 36.4 Å². The van der Waals surface area contributed by atoms with Crippen LogP contribution < -0.4 is 10.1 Å². The van der Waals surface area contributed by atoms with Gasteiger partial charge in [0.2, 0.25) is 0 Å². The Kier molecular flexibility index (Phi) is 4.12. The molecule has 1 amide bonds. The number of amides is 1. The van der Waals surface area contributed by atoms with Crippen LogP contribution in [-0.2, 0) is 4.79 Å². The van der Waals surface area contributed by atoms with Crippen LogP contribution in [-0.4, -0.2) is 21.3 Å². The van der Waals surface area contributed by atoms with E-state index in [-0.39, 0.29) is 12.5 Å². The molecule has 0 spiro atoms. The minimum Gasteiger partial charge on any atom is -0.484 e. The molecule has 0 saturated carbocycles. The largest absolute Gasteiger partial charge is 0.484 e. The number of halogens is 1. The van der Waals surface area contributed by atoms with Gasteiger partial charge in [-0.25, -0.2) is 0 Å². The minimum absolute atomic E-state index is 0.0599. The van der Waals surface area contributed by atoms with E-state index in [1.165, 1.54) is 0 Å². The number of nitrogens with zero attached hydrogens (tertiary/aromatic N) is 2. The monoisotopic (exact) mass is 363 g/mol. The molecule has 21 heavy (non-hydrogen) atoms. The molecule has 1 aromatic heterocycles. The van der Waals surface area contributed by atoms with Crippen LogP contribution in [0, 0.1) is 0 Å². The lowest BCUT2D eigenvalue weighted by Crippen LogP contribution is -2.20. The van der Waals surface area contributed by atoms with E-state index in [0.29, 0.717) is 17.0 Å². The Morgan fingerprint density at radius 1 is 1.19 bits per heavy atom. The number of rotatable bonds is 4. The van der Waals surface area contributed by atoms with Gasteiger partial charge in [0, 0.05) is 4.47 Å². The Balaban J connectivity index is 1.64. The van der Waals surface area contributed by atoms with Crippen molar-refractivity contribution < 1.29 is 9.53 Å². The van der Waals surface area contributed by atoms with Crippen LogP contribution in [0.1, 0.15) is 0 Å². The highest BCUT2D eigenvalue weighted by Gasteiger charge is 2.09. The van der Waals surface area contributed by atoms with Crippen molar-refractivity contribution in [2.75, 3.05) is 11.9 Å². The molecule has 3 aromatic rings. The molecule has 106 valence electrons. The van der Waals surface area contributed by atoms with Crippen LogP contribution >= 0.6 is 27.7 Å². The van der Waals surface area contributed by atoms with Gasteiger partial charge in [0.15, 0.2) is 6.61 Å². The number of hydrogen-bond donors (Lipinski definition) is 1. The predicted octanol–water partition coefficient (Wildman–Crippen LogP) is 3.47. The number of carbonyl (C=O) groups is 1. The van der Waals surface area contributed by atoms with Gasteiger partial charge in [-0.3, -0.25) is 4.79 Å². The highest BCUT2D eigenvalue weighted by Crippen LogP contribution is 2.21. The number of aromatic nitrogens is 2. The minimum atomic E-state index is -0.238. The second-order valence-corrected chi connectivity index (χ2v) is 5.67. The normalized spacial score (nSPS) is 10.5. The molecule has 0 atom stereocenters. The first-order chi connectivity index (χ1) is 10.2. The molecule has 0 saturated heterocycles. The van der Waals surface area contributed by atoms with Crippen molar-refractivity contribution in [2.45, 2.75) is 0 Å². The van der Waals surface area contributed by atoms with Crippen molar-refractivity contribution in [3.63, 3.8) is 0 Å². The molecule has 0 unspecified atom stereocenters. The molecule has 0 aliphatic carbocycles. The number of nitrogens with one attached hydrogen (secondary N) is 1. The summed E-state index contributed by atoms with van der Waals surface area (Å²) in [7, 11) is 0. The fourth-order valence-electron chi connectivity index (χ4n) is 1.77. The molecule has 2 aromatic carbocycles. The lowest BCUT2D eigenvalue weighted by atomic mass is 10.2. The molecule has 3 rings (SSSR count). The van der Waals surface area contributed by atoms with Crippen LogP contribution in [0.15, 0.2) is 46.9 Å². The Hall–Kier alpha value is -1.99. The quantitative estimate of drug-likeness (QED) is 0.770. The number of benzene rings is 2. The molecule has 0 aliphatic heterocycles. The second kappa shape index (κ2) is 6.19. The van der Waals surface area contributed by atoms with E-state index in [2.05, 4.69) is 30.0 Å². The van der Waals surface area contributed by atoms with Gasteiger partial charge in [0.05, 0.1) is 17.4 Å². The summed E-state index contributed by atoms with van der Waals surface area (Å²) in [5.41, 5.74) is 2.11. The van der Waals surface area contributed by atoms with Gasteiger partial charge < -0.3 is 10.1 Å². The first-order valence-corrected chi connectivity index (χ1v) is 7.64. The Morgan fingerprint density at radius 3 is 2.81 bits per heavy atom. The molecular formula is C14H10BrN3O2S. The summed E-state index contributed by atoms with van der Waals surface area (Å²) in [5.74, 6) is 0.403. The zero-order chi connectivity index (χ0) is 14.7. The van der Waals surface area contributed by atoms with Crippen molar-refractivity contribution in [2.24, 2.45) is 0 Å². The van der Waals surface area contributed by atoms with Gasteiger partial charge in [0.1, 0.15) is 16.8 Å². The van der Waals surface area contributed by atoms with Crippen molar-refractivity contribution in [3.05, 3.63) is 46.9 Å². The van der Waals surface area contributed by atoms with E-state index in [1.807, 2.05) is 24.3 Å². The third-order valence-corrected chi connectivity index (χ3v) is 3.81. The van der Waals surface area contributed by atoms with Crippen molar-refractivity contribution in [1.29, 1.82) is 0 Å². The molecule has 0 bridgehead atoms. The van der Waals surface area contributed by atoms with E-state index >= 15 is 0 Å². The van der Waals surface area contributed by atoms with E-state index in [1.54, 1.807) is 18.2 Å². The molecule has 5 nitrogen and oxygen atoms in total. The third-order valence-electron chi connectivity index (χ3n) is 2.74. The molecular weight excluding hydrogens is 354 g/mol. The molecule has 0 fully saturated rings.